The Balaban J connectivity index is 1.55. The van der Waals surface area contributed by atoms with Crippen molar-refractivity contribution < 1.29 is 9.53 Å². The molecule has 10 heteroatoms. The van der Waals surface area contributed by atoms with E-state index in [4.69, 9.17) is 22.1 Å². The second kappa shape index (κ2) is 8.68. The highest BCUT2D eigenvalue weighted by Crippen LogP contribution is 2.32. The summed E-state index contributed by atoms with van der Waals surface area (Å²) in [6, 6.07) is 10.1. The molecule has 1 aliphatic heterocycles. The summed E-state index contributed by atoms with van der Waals surface area (Å²) >= 11 is 5.88. The highest BCUT2D eigenvalue weighted by Gasteiger charge is 2.27. The van der Waals surface area contributed by atoms with Crippen molar-refractivity contribution in [3.63, 3.8) is 0 Å². The number of fused-ring (bicyclic) bond motifs is 3. The molecule has 2 N–H and O–H groups in total. The molecular formula is C23H20ClN7O2. The zero-order valence-electron chi connectivity index (χ0n) is 17.8. The largest absolute Gasteiger partial charge is 0.383 e. The molecule has 0 saturated heterocycles. The van der Waals surface area contributed by atoms with Gasteiger partial charge in [-0.1, -0.05) is 11.6 Å². The van der Waals surface area contributed by atoms with Gasteiger partial charge in [0.1, 0.15) is 11.6 Å². The maximum Gasteiger partial charge on any atom is 0.254 e. The summed E-state index contributed by atoms with van der Waals surface area (Å²) in [5, 5.41) is 9.16. The molecule has 9 nitrogen and oxygen atoms in total. The second-order valence-electron chi connectivity index (χ2n) is 7.74. The van der Waals surface area contributed by atoms with Crippen molar-refractivity contribution in [1.82, 2.24) is 30.0 Å². The van der Waals surface area contributed by atoms with Gasteiger partial charge in [-0.2, -0.15) is 5.10 Å². The van der Waals surface area contributed by atoms with Crippen LogP contribution in [0.25, 0.3) is 10.9 Å². The van der Waals surface area contributed by atoms with E-state index in [1.165, 1.54) is 0 Å². The first-order chi connectivity index (χ1) is 16.0. The Bertz CT molecular complexity index is 1330. The molecule has 4 heterocycles. The molecule has 33 heavy (non-hydrogen) atoms. The van der Waals surface area contributed by atoms with Crippen LogP contribution < -0.4 is 5.73 Å². The highest BCUT2D eigenvalue weighted by atomic mass is 35.5. The van der Waals surface area contributed by atoms with Crippen LogP contribution in [0.3, 0.4) is 0 Å². The molecule has 0 fully saturated rings. The average molecular weight is 462 g/mol. The molecular weight excluding hydrogens is 442 g/mol. The number of carbonyl (C=O) groups excluding carboxylic acids is 1. The predicted octanol–water partition coefficient (Wildman–Crippen LogP) is 3.48. The highest BCUT2D eigenvalue weighted by molar-refractivity contribution is 6.29. The lowest BCUT2D eigenvalue weighted by Gasteiger charge is -2.28. The van der Waals surface area contributed by atoms with Crippen molar-refractivity contribution in [2.45, 2.75) is 32.7 Å². The summed E-state index contributed by atoms with van der Waals surface area (Å²) in [4.78, 5) is 28.6. The van der Waals surface area contributed by atoms with Crippen molar-refractivity contribution in [3.8, 4) is 0 Å². The van der Waals surface area contributed by atoms with E-state index in [1.54, 1.807) is 41.6 Å². The maximum atomic E-state index is 13.8. The number of nitrogens with zero attached hydrogens (tertiary/aromatic N) is 6. The molecule has 0 spiro atoms. The monoisotopic (exact) mass is 461 g/mol. The van der Waals surface area contributed by atoms with Crippen molar-refractivity contribution in [3.05, 3.63) is 82.2 Å². The Morgan fingerprint density at radius 3 is 2.70 bits per heavy atom. The van der Waals surface area contributed by atoms with Crippen LogP contribution in [0, 0.1) is 0 Å². The van der Waals surface area contributed by atoms with Gasteiger partial charge in [0, 0.05) is 28.9 Å². The first kappa shape index (κ1) is 21.2. The van der Waals surface area contributed by atoms with Crippen LogP contribution >= 0.6 is 11.6 Å². The number of benzene rings is 1. The van der Waals surface area contributed by atoms with Gasteiger partial charge in [0.2, 0.25) is 0 Å². The van der Waals surface area contributed by atoms with Crippen LogP contribution in [-0.4, -0.2) is 36.0 Å². The number of hydrogen-bond donors (Lipinski definition) is 1. The summed E-state index contributed by atoms with van der Waals surface area (Å²) < 4.78 is 5.58. The number of ether oxygens (including phenoxy) is 1. The third-order valence-corrected chi connectivity index (χ3v) is 5.88. The van der Waals surface area contributed by atoms with Gasteiger partial charge >= 0.3 is 0 Å². The van der Waals surface area contributed by atoms with E-state index in [-0.39, 0.29) is 17.6 Å². The normalized spacial score (nSPS) is 13.6. The first-order valence-electron chi connectivity index (χ1n) is 10.4. The predicted molar refractivity (Wildman–Crippen MR) is 122 cm³/mol. The third-order valence-electron chi connectivity index (χ3n) is 5.68. The average Bonchev–Trinajstić information content (AvgIpc) is 3.34. The van der Waals surface area contributed by atoms with E-state index in [0.29, 0.717) is 36.1 Å². The zero-order chi connectivity index (χ0) is 22.9. The topological polar surface area (TPSA) is 120 Å². The van der Waals surface area contributed by atoms with Gasteiger partial charge in [-0.3, -0.25) is 4.79 Å². The van der Waals surface area contributed by atoms with Crippen molar-refractivity contribution in [2.75, 3.05) is 5.73 Å². The van der Waals surface area contributed by atoms with E-state index in [1.807, 2.05) is 19.1 Å². The maximum absolute atomic E-state index is 13.8. The minimum atomic E-state index is -0.412. The van der Waals surface area contributed by atoms with Crippen LogP contribution in [0.5, 0.6) is 0 Å². The van der Waals surface area contributed by atoms with Crippen molar-refractivity contribution >= 4 is 34.2 Å². The third kappa shape index (κ3) is 4.08. The molecule has 0 aliphatic carbocycles. The van der Waals surface area contributed by atoms with Crippen LogP contribution in [0.2, 0.25) is 5.15 Å². The number of rotatable bonds is 5. The van der Waals surface area contributed by atoms with Gasteiger partial charge in [0.25, 0.3) is 5.91 Å². The van der Waals surface area contributed by atoms with Crippen molar-refractivity contribution in [2.24, 2.45) is 0 Å². The molecule has 1 aliphatic rings. The number of carbonyl (C=O) groups is 1. The molecule has 1 amide bonds. The molecule has 0 radical (unpaired) electrons. The van der Waals surface area contributed by atoms with Crippen LogP contribution in [0.4, 0.5) is 5.82 Å². The lowest BCUT2D eigenvalue weighted by atomic mass is 10.0. The minimum Gasteiger partial charge on any atom is -0.383 e. The van der Waals surface area contributed by atoms with E-state index in [2.05, 4.69) is 25.1 Å². The summed E-state index contributed by atoms with van der Waals surface area (Å²) in [5.41, 5.74) is 9.77. The van der Waals surface area contributed by atoms with E-state index < -0.39 is 6.04 Å². The van der Waals surface area contributed by atoms with E-state index >= 15 is 0 Å². The van der Waals surface area contributed by atoms with Gasteiger partial charge in [-0.05, 0) is 48.9 Å². The molecule has 0 bridgehead atoms. The number of nitrogen functional groups attached to an aromatic ring is 1. The van der Waals surface area contributed by atoms with Gasteiger partial charge in [-0.25, -0.2) is 15.0 Å². The summed E-state index contributed by atoms with van der Waals surface area (Å²) in [6.45, 7) is 2.95. The number of nitrogens with two attached hydrogens (primary N) is 1. The number of amides is 1. The number of hydrogen-bond acceptors (Lipinski definition) is 8. The Hall–Kier alpha value is -3.69. The minimum absolute atomic E-state index is 0.196. The molecule has 1 atom stereocenters. The Labute approximate surface area is 194 Å². The number of anilines is 1. The zero-order valence-corrected chi connectivity index (χ0v) is 18.5. The lowest BCUT2D eigenvalue weighted by molar-refractivity contribution is 0.0663. The fourth-order valence-electron chi connectivity index (χ4n) is 3.92. The summed E-state index contributed by atoms with van der Waals surface area (Å²) in [5.74, 6) is 0.794. The SMILES string of the molecule is C[C@H](c1ncccn1)N(Cc1ccc(Cl)nn1)C(=O)c1ccc2nc(N)c3c(c2c1)COC3. The molecule has 5 rings (SSSR count). The quantitative estimate of drug-likeness (QED) is 0.479. The molecule has 3 aromatic heterocycles. The van der Waals surface area contributed by atoms with Crippen LogP contribution in [-0.2, 0) is 24.5 Å². The lowest BCUT2D eigenvalue weighted by Crippen LogP contribution is -2.34. The standard InChI is InChI=1S/C23H20ClN7O2/c1-13(22-26-7-2-8-27-22)31(10-15-4-6-20(24)30-29-15)23(32)14-3-5-19-16(9-14)17-11-33-12-18(17)21(25)28-19/h2-9,13H,10-12H2,1H3,(H2,25,28)/t13-/m1/s1. The van der Waals surface area contributed by atoms with Crippen LogP contribution in [0.15, 0.2) is 48.8 Å². The Morgan fingerprint density at radius 1 is 1.15 bits per heavy atom. The smallest absolute Gasteiger partial charge is 0.254 e. The van der Waals surface area contributed by atoms with Gasteiger partial charge in [-0.15, -0.1) is 5.10 Å². The molecule has 0 unspecified atom stereocenters. The van der Waals surface area contributed by atoms with Crippen LogP contribution in [0.1, 0.15) is 46.0 Å². The second-order valence-corrected chi connectivity index (χ2v) is 8.13. The van der Waals surface area contributed by atoms with E-state index in [0.717, 1.165) is 22.0 Å². The molecule has 1 aromatic carbocycles. The fraction of sp³-hybridized carbons (Fsp3) is 0.217. The molecule has 4 aromatic rings. The number of aromatic nitrogens is 5. The molecule has 166 valence electrons. The van der Waals surface area contributed by atoms with Crippen molar-refractivity contribution in [1.29, 1.82) is 0 Å². The fourth-order valence-corrected chi connectivity index (χ4v) is 4.02. The first-order valence-corrected chi connectivity index (χ1v) is 10.7. The van der Waals surface area contributed by atoms with Gasteiger partial charge in [0.15, 0.2) is 5.15 Å². The van der Waals surface area contributed by atoms with Gasteiger partial charge in [0.05, 0.1) is 37.0 Å². The van der Waals surface area contributed by atoms with E-state index in [9.17, 15) is 4.79 Å². The number of pyridine rings is 1. The molecule has 0 saturated carbocycles. The van der Waals surface area contributed by atoms with Gasteiger partial charge < -0.3 is 15.4 Å². The number of halogens is 1. The Kier molecular flexibility index (Phi) is 5.57. The summed E-state index contributed by atoms with van der Waals surface area (Å²) in [6.07, 6.45) is 3.30. The Morgan fingerprint density at radius 2 is 1.94 bits per heavy atom. The summed E-state index contributed by atoms with van der Waals surface area (Å²) in [7, 11) is 0.